The lowest BCUT2D eigenvalue weighted by Gasteiger charge is -2.31. The first-order valence-electron chi connectivity index (χ1n) is 6.36. The van der Waals surface area contributed by atoms with Gasteiger partial charge in [0.1, 0.15) is 0 Å². The molecule has 1 fully saturated rings. The minimum absolute atomic E-state index is 0.696. The van der Waals surface area contributed by atoms with Crippen molar-refractivity contribution < 1.29 is 9.47 Å². The fourth-order valence-corrected chi connectivity index (χ4v) is 2.08. The van der Waals surface area contributed by atoms with E-state index in [2.05, 4.69) is 4.90 Å². The largest absolute Gasteiger partial charge is 0.382 e. The number of ether oxygens (including phenoxy) is 2. The molecule has 4 heteroatoms. The number of methoxy groups -OCH3 is 1. The van der Waals surface area contributed by atoms with Crippen LogP contribution < -0.4 is 5.73 Å². The quantitative estimate of drug-likeness (QED) is 0.624. The number of nitrogens with two attached hydrogens (primary N) is 1. The van der Waals surface area contributed by atoms with Crippen LogP contribution in [-0.2, 0) is 9.47 Å². The summed E-state index contributed by atoms with van der Waals surface area (Å²) in [5.41, 5.74) is 5.67. The Bertz CT molecular complexity index is 159. The van der Waals surface area contributed by atoms with E-state index in [9.17, 15) is 0 Å². The van der Waals surface area contributed by atoms with Crippen LogP contribution in [0.1, 0.15) is 19.3 Å². The van der Waals surface area contributed by atoms with E-state index >= 15 is 0 Å². The number of nitrogens with zero attached hydrogens (tertiary/aromatic N) is 1. The van der Waals surface area contributed by atoms with Crippen molar-refractivity contribution in [2.45, 2.75) is 19.3 Å². The van der Waals surface area contributed by atoms with E-state index in [0.717, 1.165) is 32.0 Å². The summed E-state index contributed by atoms with van der Waals surface area (Å²) in [6.07, 6.45) is 3.65. The normalized spacial score (nSPS) is 19.1. The van der Waals surface area contributed by atoms with E-state index in [1.807, 2.05) is 0 Å². The van der Waals surface area contributed by atoms with Gasteiger partial charge in [-0.2, -0.15) is 0 Å². The molecule has 0 amide bonds. The van der Waals surface area contributed by atoms with Gasteiger partial charge in [-0.05, 0) is 44.8 Å². The van der Waals surface area contributed by atoms with Crippen molar-refractivity contribution in [1.29, 1.82) is 0 Å². The number of hydrogen-bond donors (Lipinski definition) is 1. The first-order valence-corrected chi connectivity index (χ1v) is 6.36. The third kappa shape index (κ3) is 5.80. The van der Waals surface area contributed by atoms with Crippen LogP contribution in [0.2, 0.25) is 0 Å². The van der Waals surface area contributed by atoms with E-state index in [0.29, 0.717) is 13.2 Å². The Balaban J connectivity index is 1.90. The molecule has 96 valence electrons. The summed E-state index contributed by atoms with van der Waals surface area (Å²) in [5, 5.41) is 0. The Morgan fingerprint density at radius 2 is 1.94 bits per heavy atom. The number of rotatable bonds is 8. The van der Waals surface area contributed by atoms with Crippen molar-refractivity contribution in [3.05, 3.63) is 0 Å². The summed E-state index contributed by atoms with van der Waals surface area (Å²) in [7, 11) is 1.70. The Morgan fingerprint density at radius 1 is 1.19 bits per heavy atom. The minimum Gasteiger partial charge on any atom is -0.382 e. The predicted molar refractivity (Wildman–Crippen MR) is 65.5 cm³/mol. The van der Waals surface area contributed by atoms with Gasteiger partial charge in [-0.15, -0.1) is 0 Å². The Hall–Kier alpha value is -0.160. The molecule has 1 rings (SSSR count). The van der Waals surface area contributed by atoms with Gasteiger partial charge in [-0.25, -0.2) is 0 Å². The zero-order valence-electron chi connectivity index (χ0n) is 10.5. The summed E-state index contributed by atoms with van der Waals surface area (Å²) in [6, 6.07) is 0. The highest BCUT2D eigenvalue weighted by molar-refractivity contribution is 4.72. The SMILES string of the molecule is COCCOCCCN1CCC(CN)CC1. The molecule has 0 spiro atoms. The Kier molecular flexibility index (Phi) is 7.76. The lowest BCUT2D eigenvalue weighted by atomic mass is 9.97. The second kappa shape index (κ2) is 8.93. The highest BCUT2D eigenvalue weighted by Gasteiger charge is 2.16. The van der Waals surface area contributed by atoms with Gasteiger partial charge in [0.15, 0.2) is 0 Å². The third-order valence-electron chi connectivity index (χ3n) is 3.24. The maximum absolute atomic E-state index is 5.67. The van der Waals surface area contributed by atoms with E-state index in [-0.39, 0.29) is 0 Å². The maximum atomic E-state index is 5.67. The van der Waals surface area contributed by atoms with Crippen molar-refractivity contribution in [3.8, 4) is 0 Å². The summed E-state index contributed by atoms with van der Waals surface area (Å²) in [4.78, 5) is 2.52. The molecule has 0 radical (unpaired) electrons. The maximum Gasteiger partial charge on any atom is 0.0700 e. The first kappa shape index (κ1) is 13.9. The van der Waals surface area contributed by atoms with Gasteiger partial charge in [0.05, 0.1) is 13.2 Å². The van der Waals surface area contributed by atoms with Crippen LogP contribution in [-0.4, -0.2) is 58.0 Å². The molecule has 1 aliphatic rings. The lowest BCUT2D eigenvalue weighted by Crippen LogP contribution is -2.36. The molecule has 0 atom stereocenters. The van der Waals surface area contributed by atoms with Crippen molar-refractivity contribution in [2.75, 3.05) is 53.1 Å². The van der Waals surface area contributed by atoms with Crippen molar-refractivity contribution in [3.63, 3.8) is 0 Å². The molecule has 0 unspecified atom stereocenters. The number of hydrogen-bond acceptors (Lipinski definition) is 4. The number of likely N-dealkylation sites (tertiary alicyclic amines) is 1. The van der Waals surface area contributed by atoms with E-state index < -0.39 is 0 Å². The summed E-state index contributed by atoms with van der Waals surface area (Å²) < 4.78 is 10.4. The average Bonchev–Trinajstić information content (AvgIpc) is 2.34. The van der Waals surface area contributed by atoms with Crippen LogP contribution in [0.4, 0.5) is 0 Å². The second-order valence-electron chi connectivity index (χ2n) is 4.48. The molecule has 0 aromatic rings. The van der Waals surface area contributed by atoms with Gasteiger partial charge in [0.25, 0.3) is 0 Å². The van der Waals surface area contributed by atoms with Gasteiger partial charge in [-0.1, -0.05) is 0 Å². The fourth-order valence-electron chi connectivity index (χ4n) is 2.08. The monoisotopic (exact) mass is 230 g/mol. The van der Waals surface area contributed by atoms with Crippen LogP contribution in [0.15, 0.2) is 0 Å². The van der Waals surface area contributed by atoms with Gasteiger partial charge in [0, 0.05) is 20.3 Å². The van der Waals surface area contributed by atoms with Crippen LogP contribution in [0.25, 0.3) is 0 Å². The Labute approximate surface area is 99.1 Å². The molecular weight excluding hydrogens is 204 g/mol. The molecule has 16 heavy (non-hydrogen) atoms. The molecular formula is C12H26N2O2. The molecule has 1 aliphatic heterocycles. The summed E-state index contributed by atoms with van der Waals surface area (Å²) >= 11 is 0. The van der Waals surface area contributed by atoms with Crippen molar-refractivity contribution >= 4 is 0 Å². The molecule has 0 saturated carbocycles. The minimum atomic E-state index is 0.696. The van der Waals surface area contributed by atoms with Crippen LogP contribution >= 0.6 is 0 Å². The van der Waals surface area contributed by atoms with Gasteiger partial charge in [0.2, 0.25) is 0 Å². The van der Waals surface area contributed by atoms with E-state index in [1.54, 1.807) is 7.11 Å². The molecule has 2 N–H and O–H groups in total. The van der Waals surface area contributed by atoms with E-state index in [1.165, 1.54) is 25.9 Å². The second-order valence-corrected chi connectivity index (χ2v) is 4.48. The van der Waals surface area contributed by atoms with Gasteiger partial charge >= 0.3 is 0 Å². The van der Waals surface area contributed by atoms with Gasteiger partial charge < -0.3 is 20.1 Å². The Morgan fingerprint density at radius 3 is 2.56 bits per heavy atom. The molecule has 1 heterocycles. The highest BCUT2D eigenvalue weighted by atomic mass is 16.5. The fraction of sp³-hybridized carbons (Fsp3) is 1.00. The zero-order valence-corrected chi connectivity index (χ0v) is 10.5. The molecule has 1 saturated heterocycles. The van der Waals surface area contributed by atoms with Crippen molar-refractivity contribution in [1.82, 2.24) is 4.90 Å². The standard InChI is InChI=1S/C12H26N2O2/c1-15-9-10-16-8-2-5-14-6-3-12(11-13)4-7-14/h12H,2-11,13H2,1H3. The third-order valence-corrected chi connectivity index (χ3v) is 3.24. The average molecular weight is 230 g/mol. The highest BCUT2D eigenvalue weighted by Crippen LogP contribution is 2.15. The molecule has 0 aromatic heterocycles. The molecule has 0 bridgehead atoms. The predicted octanol–water partition coefficient (Wildman–Crippen LogP) is 0.710. The van der Waals surface area contributed by atoms with Crippen LogP contribution in [0, 0.1) is 5.92 Å². The lowest BCUT2D eigenvalue weighted by molar-refractivity contribution is 0.0631. The van der Waals surface area contributed by atoms with E-state index in [4.69, 9.17) is 15.2 Å². The summed E-state index contributed by atoms with van der Waals surface area (Å²) in [5.74, 6) is 0.759. The molecule has 0 aliphatic carbocycles. The first-order chi connectivity index (χ1) is 7.86. The molecule has 0 aromatic carbocycles. The number of piperidine rings is 1. The zero-order chi connectivity index (χ0) is 11.6. The van der Waals surface area contributed by atoms with Crippen LogP contribution in [0.5, 0.6) is 0 Å². The van der Waals surface area contributed by atoms with Gasteiger partial charge in [-0.3, -0.25) is 0 Å². The summed E-state index contributed by atoms with van der Waals surface area (Å²) in [6.45, 7) is 6.69. The molecule has 4 nitrogen and oxygen atoms in total. The smallest absolute Gasteiger partial charge is 0.0700 e. The van der Waals surface area contributed by atoms with Crippen LogP contribution in [0.3, 0.4) is 0 Å². The van der Waals surface area contributed by atoms with Crippen molar-refractivity contribution in [2.24, 2.45) is 11.7 Å². The topological polar surface area (TPSA) is 47.7 Å².